The van der Waals surface area contributed by atoms with Crippen LogP contribution in [0.2, 0.25) is 0 Å². The van der Waals surface area contributed by atoms with Crippen LogP contribution in [0.25, 0.3) is 11.1 Å². The number of carboxylic acids is 1. The van der Waals surface area contributed by atoms with E-state index in [9.17, 15) is 20.1 Å². The van der Waals surface area contributed by atoms with Crippen LogP contribution in [0.5, 0.6) is 17.2 Å². The van der Waals surface area contributed by atoms with E-state index < -0.39 is 5.97 Å². The van der Waals surface area contributed by atoms with Crippen molar-refractivity contribution in [1.29, 1.82) is 0 Å². The normalized spacial score (nSPS) is 10.2. The van der Waals surface area contributed by atoms with Crippen LogP contribution in [0.15, 0.2) is 36.4 Å². The van der Waals surface area contributed by atoms with Crippen molar-refractivity contribution >= 4 is 5.97 Å². The summed E-state index contributed by atoms with van der Waals surface area (Å²) >= 11 is 0. The number of carboxylic acid groups (broad SMARTS) is 1. The summed E-state index contributed by atoms with van der Waals surface area (Å²) in [4.78, 5) is 11.1. The lowest BCUT2D eigenvalue weighted by atomic mass is 9.98. The van der Waals surface area contributed by atoms with Gasteiger partial charge < -0.3 is 20.4 Å². The molecular weight excluding hydrogens is 236 g/mol. The number of aromatic hydroxyl groups is 3. The second kappa shape index (κ2) is 4.29. The van der Waals surface area contributed by atoms with Gasteiger partial charge in [-0.2, -0.15) is 0 Å². The molecule has 5 heteroatoms. The molecule has 0 bridgehead atoms. The number of hydrogen-bond acceptors (Lipinski definition) is 4. The van der Waals surface area contributed by atoms with E-state index in [0.29, 0.717) is 5.56 Å². The molecule has 0 atom stereocenters. The Labute approximate surface area is 102 Å². The second-order valence-corrected chi connectivity index (χ2v) is 3.74. The molecule has 92 valence electrons. The first-order valence-corrected chi connectivity index (χ1v) is 5.07. The number of rotatable bonds is 2. The molecule has 0 aliphatic rings. The minimum atomic E-state index is -1.26. The molecule has 18 heavy (non-hydrogen) atoms. The summed E-state index contributed by atoms with van der Waals surface area (Å²) < 4.78 is 0. The highest BCUT2D eigenvalue weighted by atomic mass is 16.4. The fraction of sp³-hybridized carbons (Fsp3) is 0. The second-order valence-electron chi connectivity index (χ2n) is 3.74. The molecule has 4 N–H and O–H groups in total. The summed E-state index contributed by atoms with van der Waals surface area (Å²) in [5, 5.41) is 37.3. The van der Waals surface area contributed by atoms with Crippen molar-refractivity contribution in [2.24, 2.45) is 0 Å². The zero-order valence-corrected chi connectivity index (χ0v) is 9.16. The number of hydrogen-bond donors (Lipinski definition) is 4. The monoisotopic (exact) mass is 246 g/mol. The van der Waals surface area contributed by atoms with Gasteiger partial charge >= 0.3 is 5.97 Å². The molecule has 0 heterocycles. The lowest BCUT2D eigenvalue weighted by molar-refractivity contribution is 0.0697. The van der Waals surface area contributed by atoms with Crippen LogP contribution in [0.3, 0.4) is 0 Å². The van der Waals surface area contributed by atoms with Crippen molar-refractivity contribution in [3.05, 3.63) is 42.0 Å². The fourth-order valence-electron chi connectivity index (χ4n) is 1.71. The first-order chi connectivity index (χ1) is 8.49. The number of phenolic OH excluding ortho intramolecular Hbond substituents is 3. The molecule has 0 amide bonds. The van der Waals surface area contributed by atoms with E-state index in [4.69, 9.17) is 5.11 Å². The van der Waals surface area contributed by atoms with Gasteiger partial charge in [-0.25, -0.2) is 4.79 Å². The van der Waals surface area contributed by atoms with E-state index in [1.807, 2.05) is 0 Å². The topological polar surface area (TPSA) is 98.0 Å². The summed E-state index contributed by atoms with van der Waals surface area (Å²) in [5.74, 6) is -1.89. The lowest BCUT2D eigenvalue weighted by Gasteiger charge is -2.09. The van der Waals surface area contributed by atoms with E-state index >= 15 is 0 Å². The Bertz CT molecular complexity index is 602. The van der Waals surface area contributed by atoms with E-state index in [2.05, 4.69) is 0 Å². The predicted molar refractivity (Wildman–Crippen MR) is 63.8 cm³/mol. The van der Waals surface area contributed by atoms with Crippen LogP contribution in [-0.4, -0.2) is 26.4 Å². The Balaban J connectivity index is 2.69. The van der Waals surface area contributed by atoms with Crippen molar-refractivity contribution in [2.75, 3.05) is 0 Å². The quantitative estimate of drug-likeness (QED) is 0.651. The molecule has 0 aliphatic carbocycles. The van der Waals surface area contributed by atoms with Crippen molar-refractivity contribution in [3.63, 3.8) is 0 Å². The average molecular weight is 246 g/mol. The highest BCUT2D eigenvalue weighted by Gasteiger charge is 2.17. The SMILES string of the molecule is O=C(O)c1cc(O)cc(O)c1-c1ccc(O)cc1. The van der Waals surface area contributed by atoms with Crippen molar-refractivity contribution < 1.29 is 25.2 Å². The Morgan fingerprint density at radius 3 is 2.06 bits per heavy atom. The number of carbonyl (C=O) groups is 1. The maximum absolute atomic E-state index is 11.1. The minimum absolute atomic E-state index is 0.0360. The molecule has 0 aromatic heterocycles. The summed E-state index contributed by atoms with van der Waals surface area (Å²) in [6.45, 7) is 0. The Kier molecular flexibility index (Phi) is 2.81. The summed E-state index contributed by atoms with van der Waals surface area (Å²) in [6, 6.07) is 7.85. The van der Waals surface area contributed by atoms with E-state index in [0.717, 1.165) is 12.1 Å². The van der Waals surface area contributed by atoms with E-state index in [-0.39, 0.29) is 28.4 Å². The summed E-state index contributed by atoms with van der Waals surface area (Å²) in [5.41, 5.74) is 0.321. The van der Waals surface area contributed by atoms with Crippen molar-refractivity contribution in [2.45, 2.75) is 0 Å². The van der Waals surface area contributed by atoms with Crippen molar-refractivity contribution in [1.82, 2.24) is 0 Å². The van der Waals surface area contributed by atoms with E-state index in [1.54, 1.807) is 0 Å². The van der Waals surface area contributed by atoms with Gasteiger partial charge in [0.2, 0.25) is 0 Å². The molecule has 0 saturated heterocycles. The number of phenols is 3. The van der Waals surface area contributed by atoms with Crippen LogP contribution >= 0.6 is 0 Å². The Morgan fingerprint density at radius 1 is 0.889 bits per heavy atom. The third kappa shape index (κ3) is 2.06. The zero-order chi connectivity index (χ0) is 13.3. The van der Waals surface area contributed by atoms with Gasteiger partial charge in [-0.1, -0.05) is 12.1 Å². The standard InChI is InChI=1S/C13H10O5/c14-8-3-1-7(2-4-8)12-10(13(17)18)5-9(15)6-11(12)16/h1-6,14-16H,(H,17,18). The third-order valence-corrected chi connectivity index (χ3v) is 2.49. The van der Waals surface area contributed by atoms with Crippen LogP contribution in [0.1, 0.15) is 10.4 Å². The average Bonchev–Trinajstić information content (AvgIpc) is 2.29. The molecule has 0 spiro atoms. The Morgan fingerprint density at radius 2 is 1.50 bits per heavy atom. The first kappa shape index (κ1) is 11.8. The summed E-state index contributed by atoms with van der Waals surface area (Å²) in [6.07, 6.45) is 0. The molecule has 0 saturated carbocycles. The molecule has 5 nitrogen and oxygen atoms in total. The fourth-order valence-corrected chi connectivity index (χ4v) is 1.71. The van der Waals surface area contributed by atoms with Crippen LogP contribution in [0, 0.1) is 0 Å². The van der Waals surface area contributed by atoms with Gasteiger partial charge in [-0.3, -0.25) is 0 Å². The highest BCUT2D eigenvalue weighted by molar-refractivity contribution is 5.98. The van der Waals surface area contributed by atoms with Gasteiger partial charge in [0.1, 0.15) is 17.2 Å². The Hall–Kier alpha value is -2.69. The molecule has 0 radical (unpaired) electrons. The van der Waals surface area contributed by atoms with Gasteiger partial charge in [0.25, 0.3) is 0 Å². The van der Waals surface area contributed by atoms with Gasteiger partial charge in [0, 0.05) is 11.6 Å². The van der Waals surface area contributed by atoms with E-state index in [1.165, 1.54) is 24.3 Å². The largest absolute Gasteiger partial charge is 0.508 e. The predicted octanol–water partition coefficient (Wildman–Crippen LogP) is 2.17. The summed E-state index contributed by atoms with van der Waals surface area (Å²) in [7, 11) is 0. The van der Waals surface area contributed by atoms with Crippen LogP contribution in [-0.2, 0) is 0 Å². The maximum atomic E-state index is 11.1. The number of benzene rings is 2. The minimum Gasteiger partial charge on any atom is -0.508 e. The molecular formula is C13H10O5. The number of aromatic carboxylic acids is 1. The van der Waals surface area contributed by atoms with Gasteiger partial charge in [-0.05, 0) is 23.8 Å². The van der Waals surface area contributed by atoms with Crippen LogP contribution in [0.4, 0.5) is 0 Å². The molecule has 2 aromatic rings. The molecule has 0 unspecified atom stereocenters. The third-order valence-electron chi connectivity index (χ3n) is 2.49. The molecule has 2 aromatic carbocycles. The smallest absolute Gasteiger partial charge is 0.336 e. The molecule has 2 rings (SSSR count). The van der Waals surface area contributed by atoms with Gasteiger partial charge in [-0.15, -0.1) is 0 Å². The van der Waals surface area contributed by atoms with Gasteiger partial charge in [0.15, 0.2) is 0 Å². The first-order valence-electron chi connectivity index (χ1n) is 5.07. The van der Waals surface area contributed by atoms with Gasteiger partial charge in [0.05, 0.1) is 5.56 Å². The lowest BCUT2D eigenvalue weighted by Crippen LogP contribution is -1.99. The zero-order valence-electron chi connectivity index (χ0n) is 9.16. The van der Waals surface area contributed by atoms with Crippen molar-refractivity contribution in [3.8, 4) is 28.4 Å². The van der Waals surface area contributed by atoms with Crippen LogP contribution < -0.4 is 0 Å². The highest BCUT2D eigenvalue weighted by Crippen LogP contribution is 2.36. The molecule has 0 fully saturated rings. The maximum Gasteiger partial charge on any atom is 0.336 e. The molecule has 0 aliphatic heterocycles.